The number of para-hydroxylation sites is 2. The molecule has 1 amide bonds. The predicted octanol–water partition coefficient (Wildman–Crippen LogP) is 2.00. The molecule has 0 radical (unpaired) electrons. The molecular weight excluding hydrogens is 340 g/mol. The summed E-state index contributed by atoms with van der Waals surface area (Å²) in [7, 11) is 1.79. The van der Waals surface area contributed by atoms with Gasteiger partial charge in [-0.05, 0) is 25.0 Å². The minimum absolute atomic E-state index is 0.0396. The highest BCUT2D eigenvalue weighted by molar-refractivity contribution is 7.99. The molecule has 132 valence electrons. The van der Waals surface area contributed by atoms with Crippen molar-refractivity contribution in [1.29, 1.82) is 0 Å². The molecule has 1 fully saturated rings. The number of ether oxygens (including phenoxy) is 2. The van der Waals surface area contributed by atoms with Crippen molar-refractivity contribution in [1.82, 2.24) is 19.7 Å². The van der Waals surface area contributed by atoms with Crippen LogP contribution in [-0.4, -0.2) is 57.6 Å². The molecule has 7 nitrogen and oxygen atoms in total. The number of aromatic nitrogens is 3. The number of amides is 1. The molecule has 8 heteroatoms. The number of benzene rings is 1. The van der Waals surface area contributed by atoms with Crippen molar-refractivity contribution in [3.8, 4) is 11.5 Å². The van der Waals surface area contributed by atoms with Crippen LogP contribution in [0.2, 0.25) is 0 Å². The average molecular weight is 360 g/mol. The Morgan fingerprint density at radius 3 is 2.96 bits per heavy atom. The van der Waals surface area contributed by atoms with E-state index < -0.39 is 0 Å². The van der Waals surface area contributed by atoms with Crippen LogP contribution in [0.5, 0.6) is 11.5 Å². The number of carbonyl (C=O) groups excluding carboxylic acids is 1. The van der Waals surface area contributed by atoms with Crippen molar-refractivity contribution >= 4 is 17.7 Å². The molecule has 25 heavy (non-hydrogen) atoms. The van der Waals surface area contributed by atoms with Crippen molar-refractivity contribution in [2.75, 3.05) is 26.0 Å². The molecule has 1 unspecified atom stereocenters. The van der Waals surface area contributed by atoms with Gasteiger partial charge in [-0.1, -0.05) is 23.9 Å². The second-order valence-corrected chi connectivity index (χ2v) is 7.25. The van der Waals surface area contributed by atoms with Gasteiger partial charge in [-0.3, -0.25) is 4.79 Å². The number of hydrogen-bond acceptors (Lipinski definition) is 6. The van der Waals surface area contributed by atoms with Crippen molar-refractivity contribution in [3.05, 3.63) is 30.6 Å². The van der Waals surface area contributed by atoms with Gasteiger partial charge in [0.05, 0.1) is 12.3 Å². The van der Waals surface area contributed by atoms with Crippen LogP contribution in [0.15, 0.2) is 35.7 Å². The fourth-order valence-electron chi connectivity index (χ4n) is 2.74. The third-order valence-corrected chi connectivity index (χ3v) is 5.22. The molecule has 2 aromatic rings. The molecule has 1 aromatic carbocycles. The van der Waals surface area contributed by atoms with E-state index in [1.807, 2.05) is 24.3 Å². The summed E-state index contributed by atoms with van der Waals surface area (Å²) in [5.41, 5.74) is 0. The zero-order chi connectivity index (χ0) is 17.2. The lowest BCUT2D eigenvalue weighted by atomic mass is 10.2. The maximum Gasteiger partial charge on any atom is 0.232 e. The first-order valence-corrected chi connectivity index (χ1v) is 9.34. The summed E-state index contributed by atoms with van der Waals surface area (Å²) >= 11 is 1.44. The Morgan fingerprint density at radius 1 is 1.36 bits per heavy atom. The van der Waals surface area contributed by atoms with E-state index in [-0.39, 0.29) is 12.0 Å². The molecule has 0 bridgehead atoms. The molecular formula is C17H20N4O3S. The van der Waals surface area contributed by atoms with Crippen LogP contribution in [0.3, 0.4) is 0 Å². The van der Waals surface area contributed by atoms with Gasteiger partial charge in [0.2, 0.25) is 5.91 Å². The van der Waals surface area contributed by atoms with Crippen molar-refractivity contribution in [2.24, 2.45) is 0 Å². The first-order valence-electron chi connectivity index (χ1n) is 8.35. The van der Waals surface area contributed by atoms with Crippen LogP contribution in [0.25, 0.3) is 0 Å². The maximum absolute atomic E-state index is 12.4. The van der Waals surface area contributed by atoms with Gasteiger partial charge in [0, 0.05) is 13.1 Å². The van der Waals surface area contributed by atoms with Gasteiger partial charge in [-0.2, -0.15) is 0 Å². The first kappa shape index (κ1) is 16.3. The minimum atomic E-state index is -0.163. The van der Waals surface area contributed by atoms with Gasteiger partial charge in [0.15, 0.2) is 22.8 Å². The zero-order valence-electron chi connectivity index (χ0n) is 14.0. The van der Waals surface area contributed by atoms with E-state index in [0.717, 1.165) is 16.7 Å². The Kier molecular flexibility index (Phi) is 4.52. The smallest absolute Gasteiger partial charge is 0.232 e. The number of rotatable bonds is 6. The lowest BCUT2D eigenvalue weighted by Gasteiger charge is -2.29. The molecule has 1 aliphatic heterocycles. The molecule has 0 saturated heterocycles. The van der Waals surface area contributed by atoms with Crippen molar-refractivity contribution in [2.45, 2.75) is 30.1 Å². The number of thioether (sulfide) groups is 1. The molecule has 0 spiro atoms. The Hall–Kier alpha value is -2.22. The standard InChI is InChI=1S/C17H20N4O3S/c1-20(8-13-9-23-14-4-2-3-5-15(14)24-13)16(22)10-25-17-19-18-11-21(17)12-6-7-12/h2-5,11-13H,6-10H2,1H3. The quantitative estimate of drug-likeness (QED) is 0.734. The molecule has 0 N–H and O–H groups in total. The normalized spacial score (nSPS) is 18.8. The summed E-state index contributed by atoms with van der Waals surface area (Å²) in [5, 5.41) is 8.88. The molecule has 2 aliphatic rings. The largest absolute Gasteiger partial charge is 0.486 e. The fraction of sp³-hybridized carbons (Fsp3) is 0.471. The minimum Gasteiger partial charge on any atom is -0.486 e. The van der Waals surface area contributed by atoms with E-state index in [2.05, 4.69) is 14.8 Å². The third-order valence-electron chi connectivity index (χ3n) is 4.28. The lowest BCUT2D eigenvalue weighted by Crippen LogP contribution is -2.42. The summed E-state index contributed by atoms with van der Waals surface area (Å²) in [4.78, 5) is 14.1. The number of fused-ring (bicyclic) bond motifs is 1. The highest BCUT2D eigenvalue weighted by Gasteiger charge is 2.27. The van der Waals surface area contributed by atoms with Crippen LogP contribution in [0.4, 0.5) is 0 Å². The van der Waals surface area contributed by atoms with Crippen LogP contribution in [0, 0.1) is 0 Å². The topological polar surface area (TPSA) is 69.5 Å². The summed E-state index contributed by atoms with van der Waals surface area (Å²) < 4.78 is 13.7. The Balaban J connectivity index is 1.28. The van der Waals surface area contributed by atoms with Crippen LogP contribution < -0.4 is 9.47 Å². The zero-order valence-corrected chi connectivity index (χ0v) is 14.8. The maximum atomic E-state index is 12.4. The highest BCUT2D eigenvalue weighted by atomic mass is 32.2. The SMILES string of the molecule is CN(CC1COc2ccccc2O1)C(=O)CSc1nncn1C1CC1. The van der Waals surface area contributed by atoms with Crippen molar-refractivity contribution in [3.63, 3.8) is 0 Å². The number of nitrogens with zero attached hydrogens (tertiary/aromatic N) is 4. The molecule has 2 heterocycles. The molecule has 1 saturated carbocycles. The van der Waals surface area contributed by atoms with E-state index in [0.29, 0.717) is 24.9 Å². The number of hydrogen-bond donors (Lipinski definition) is 0. The predicted molar refractivity (Wildman–Crippen MR) is 93.0 cm³/mol. The summed E-state index contributed by atoms with van der Waals surface area (Å²) in [6.07, 6.45) is 3.92. The second-order valence-electron chi connectivity index (χ2n) is 6.31. The molecule has 4 rings (SSSR count). The highest BCUT2D eigenvalue weighted by Crippen LogP contribution is 2.37. The third kappa shape index (κ3) is 3.73. The van der Waals surface area contributed by atoms with Crippen LogP contribution in [-0.2, 0) is 4.79 Å². The Morgan fingerprint density at radius 2 is 2.16 bits per heavy atom. The second kappa shape index (κ2) is 6.95. The van der Waals surface area contributed by atoms with E-state index >= 15 is 0 Å². The first-order chi connectivity index (χ1) is 12.2. The van der Waals surface area contributed by atoms with Gasteiger partial charge in [0.1, 0.15) is 12.9 Å². The van der Waals surface area contributed by atoms with Crippen LogP contribution in [0.1, 0.15) is 18.9 Å². The number of likely N-dealkylation sites (N-methyl/N-ethyl adjacent to an activating group) is 1. The monoisotopic (exact) mass is 360 g/mol. The van der Waals surface area contributed by atoms with E-state index in [9.17, 15) is 4.79 Å². The molecule has 1 aromatic heterocycles. The van der Waals surface area contributed by atoms with Gasteiger partial charge >= 0.3 is 0 Å². The Bertz CT molecular complexity index is 762. The van der Waals surface area contributed by atoms with Gasteiger partial charge in [-0.15, -0.1) is 10.2 Å². The fourth-order valence-corrected chi connectivity index (χ4v) is 3.66. The van der Waals surface area contributed by atoms with E-state index in [4.69, 9.17) is 9.47 Å². The van der Waals surface area contributed by atoms with Gasteiger partial charge < -0.3 is 18.9 Å². The van der Waals surface area contributed by atoms with Crippen LogP contribution >= 0.6 is 11.8 Å². The Labute approximate surface area is 150 Å². The van der Waals surface area contributed by atoms with E-state index in [1.54, 1.807) is 18.3 Å². The number of carbonyl (C=O) groups is 1. The van der Waals surface area contributed by atoms with E-state index in [1.165, 1.54) is 24.6 Å². The average Bonchev–Trinajstić information content (AvgIpc) is 3.37. The van der Waals surface area contributed by atoms with Gasteiger partial charge in [0.25, 0.3) is 0 Å². The summed E-state index contributed by atoms with van der Waals surface area (Å²) in [5.74, 6) is 1.86. The summed E-state index contributed by atoms with van der Waals surface area (Å²) in [6, 6.07) is 8.09. The molecule has 1 atom stereocenters. The van der Waals surface area contributed by atoms with Gasteiger partial charge in [-0.25, -0.2) is 0 Å². The lowest BCUT2D eigenvalue weighted by molar-refractivity contribution is -0.128. The van der Waals surface area contributed by atoms with Crippen molar-refractivity contribution < 1.29 is 14.3 Å². The summed E-state index contributed by atoms with van der Waals surface area (Å²) in [6.45, 7) is 0.931. The molecule has 1 aliphatic carbocycles.